The first kappa shape index (κ1) is 13.2. The summed E-state index contributed by atoms with van der Waals surface area (Å²) in [5.74, 6) is 1.08. The van der Waals surface area contributed by atoms with E-state index in [0.29, 0.717) is 6.04 Å². The van der Waals surface area contributed by atoms with E-state index in [1.807, 2.05) is 7.05 Å². The van der Waals surface area contributed by atoms with Crippen molar-refractivity contribution in [2.45, 2.75) is 25.8 Å². The van der Waals surface area contributed by atoms with Crippen LogP contribution in [0.2, 0.25) is 0 Å². The number of rotatable bonds is 3. The summed E-state index contributed by atoms with van der Waals surface area (Å²) in [6.45, 7) is 3.00. The highest BCUT2D eigenvalue weighted by Crippen LogP contribution is 2.36. The maximum absolute atomic E-state index is 5.90. The van der Waals surface area contributed by atoms with Gasteiger partial charge in [0, 0.05) is 11.6 Å². The van der Waals surface area contributed by atoms with Crippen molar-refractivity contribution in [1.29, 1.82) is 0 Å². The van der Waals surface area contributed by atoms with Gasteiger partial charge in [0.05, 0.1) is 6.61 Å². The molecule has 0 spiro atoms. The molecule has 0 amide bonds. The monoisotopic (exact) mass is 267 g/mol. The second kappa shape index (κ2) is 5.68. The van der Waals surface area contributed by atoms with Gasteiger partial charge in [-0.3, -0.25) is 0 Å². The summed E-state index contributed by atoms with van der Waals surface area (Å²) in [7, 11) is 1.99. The van der Waals surface area contributed by atoms with Crippen LogP contribution >= 0.6 is 0 Å². The molecule has 3 rings (SSSR count). The Hall–Kier alpha value is -1.80. The Morgan fingerprint density at radius 1 is 1.10 bits per heavy atom. The van der Waals surface area contributed by atoms with Crippen LogP contribution in [0.25, 0.3) is 11.1 Å². The Labute approximate surface area is 120 Å². The Kier molecular flexibility index (Phi) is 3.75. The van der Waals surface area contributed by atoms with Gasteiger partial charge in [-0.25, -0.2) is 0 Å². The zero-order valence-electron chi connectivity index (χ0n) is 12.1. The van der Waals surface area contributed by atoms with Gasteiger partial charge in [-0.2, -0.15) is 0 Å². The van der Waals surface area contributed by atoms with Crippen molar-refractivity contribution in [3.8, 4) is 16.9 Å². The second-order valence-electron chi connectivity index (χ2n) is 5.38. The zero-order valence-corrected chi connectivity index (χ0v) is 12.1. The number of hydrogen-bond acceptors (Lipinski definition) is 2. The van der Waals surface area contributed by atoms with E-state index in [2.05, 4.69) is 54.7 Å². The first-order valence-electron chi connectivity index (χ1n) is 7.32. The van der Waals surface area contributed by atoms with Crippen molar-refractivity contribution in [2.75, 3.05) is 13.7 Å². The van der Waals surface area contributed by atoms with E-state index in [4.69, 9.17) is 4.74 Å². The van der Waals surface area contributed by atoms with Crippen molar-refractivity contribution in [2.24, 2.45) is 0 Å². The smallest absolute Gasteiger partial charge is 0.130 e. The van der Waals surface area contributed by atoms with Crippen LogP contribution in [0.3, 0.4) is 0 Å². The van der Waals surface area contributed by atoms with Gasteiger partial charge < -0.3 is 10.1 Å². The maximum Gasteiger partial charge on any atom is 0.130 e. The molecule has 0 aromatic heterocycles. The van der Waals surface area contributed by atoms with Crippen LogP contribution < -0.4 is 10.1 Å². The molecule has 0 radical (unpaired) electrons. The molecule has 0 fully saturated rings. The van der Waals surface area contributed by atoms with E-state index in [0.717, 1.165) is 25.2 Å². The summed E-state index contributed by atoms with van der Waals surface area (Å²) < 4.78 is 5.90. The van der Waals surface area contributed by atoms with Gasteiger partial charge in [0.15, 0.2) is 0 Å². The molecular formula is C18H21NO. The van der Waals surface area contributed by atoms with Crippen LogP contribution in [0.1, 0.15) is 30.5 Å². The molecule has 20 heavy (non-hydrogen) atoms. The van der Waals surface area contributed by atoms with Crippen LogP contribution in [0, 0.1) is 0 Å². The molecule has 0 bridgehead atoms. The molecule has 2 heteroatoms. The van der Waals surface area contributed by atoms with E-state index in [1.165, 1.54) is 22.3 Å². The Morgan fingerprint density at radius 2 is 1.90 bits per heavy atom. The number of aryl methyl sites for hydroxylation is 1. The predicted octanol–water partition coefficient (Wildman–Crippen LogP) is 3.96. The number of fused-ring (bicyclic) bond motifs is 1. The summed E-state index contributed by atoms with van der Waals surface area (Å²) in [5, 5.41) is 3.27. The Morgan fingerprint density at radius 3 is 2.65 bits per heavy atom. The normalized spacial score (nSPS) is 15.3. The lowest BCUT2D eigenvalue weighted by molar-refractivity contribution is 0.289. The highest BCUT2D eigenvalue weighted by molar-refractivity contribution is 5.72. The summed E-state index contributed by atoms with van der Waals surface area (Å²) >= 11 is 0. The third kappa shape index (κ3) is 2.44. The summed E-state index contributed by atoms with van der Waals surface area (Å²) in [6.07, 6.45) is 2.24. The lowest BCUT2D eigenvalue weighted by Gasteiger charge is -2.20. The number of ether oxygens (including phenoxy) is 1. The molecule has 2 aromatic rings. The van der Waals surface area contributed by atoms with E-state index >= 15 is 0 Å². The minimum Gasteiger partial charge on any atom is -0.493 e. The van der Waals surface area contributed by atoms with Gasteiger partial charge >= 0.3 is 0 Å². The van der Waals surface area contributed by atoms with Gasteiger partial charge in [0.25, 0.3) is 0 Å². The van der Waals surface area contributed by atoms with Gasteiger partial charge in [-0.15, -0.1) is 0 Å². The number of benzene rings is 2. The van der Waals surface area contributed by atoms with Crippen molar-refractivity contribution in [3.05, 3.63) is 53.6 Å². The fraction of sp³-hybridized carbons (Fsp3) is 0.333. The SMILES string of the molecule is CNC(C)c1ccc(-c2cccc3c2OCCC3)cc1. The number of hydrogen-bond donors (Lipinski definition) is 1. The first-order chi connectivity index (χ1) is 9.79. The molecule has 0 saturated heterocycles. The predicted molar refractivity (Wildman–Crippen MR) is 83.2 cm³/mol. The number of para-hydroxylation sites is 1. The molecule has 1 atom stereocenters. The minimum absolute atomic E-state index is 0.380. The van der Waals surface area contributed by atoms with Gasteiger partial charge in [-0.05, 0) is 43.5 Å². The van der Waals surface area contributed by atoms with Crippen molar-refractivity contribution in [3.63, 3.8) is 0 Å². The highest BCUT2D eigenvalue weighted by atomic mass is 16.5. The largest absolute Gasteiger partial charge is 0.493 e. The molecule has 104 valence electrons. The molecule has 2 aromatic carbocycles. The standard InChI is InChI=1S/C18H21NO/c1-13(19-2)14-8-10-15(11-9-14)17-7-3-5-16-6-4-12-20-18(16)17/h3,5,7-11,13,19H,4,6,12H2,1-2H3. The van der Waals surface area contributed by atoms with Crippen molar-refractivity contribution < 1.29 is 4.74 Å². The van der Waals surface area contributed by atoms with E-state index in [1.54, 1.807) is 0 Å². The average molecular weight is 267 g/mol. The summed E-state index contributed by atoms with van der Waals surface area (Å²) in [6, 6.07) is 15.6. The third-order valence-electron chi connectivity index (χ3n) is 4.09. The quantitative estimate of drug-likeness (QED) is 0.909. The van der Waals surface area contributed by atoms with Crippen LogP contribution in [-0.4, -0.2) is 13.7 Å². The molecule has 1 aliphatic rings. The molecule has 2 nitrogen and oxygen atoms in total. The minimum atomic E-state index is 0.380. The third-order valence-corrected chi connectivity index (χ3v) is 4.09. The molecule has 1 N–H and O–H groups in total. The molecule has 0 aliphatic carbocycles. The van der Waals surface area contributed by atoms with Gasteiger partial charge in [-0.1, -0.05) is 42.5 Å². The lowest BCUT2D eigenvalue weighted by Crippen LogP contribution is -2.12. The molecule has 1 unspecified atom stereocenters. The van der Waals surface area contributed by atoms with Crippen LogP contribution in [0.15, 0.2) is 42.5 Å². The van der Waals surface area contributed by atoms with E-state index in [9.17, 15) is 0 Å². The van der Waals surface area contributed by atoms with E-state index < -0.39 is 0 Å². The second-order valence-corrected chi connectivity index (χ2v) is 5.38. The van der Waals surface area contributed by atoms with Gasteiger partial charge in [0.1, 0.15) is 5.75 Å². The lowest BCUT2D eigenvalue weighted by atomic mass is 9.96. The maximum atomic E-state index is 5.90. The molecule has 1 heterocycles. The Balaban J connectivity index is 1.97. The zero-order chi connectivity index (χ0) is 13.9. The molecule has 1 aliphatic heterocycles. The van der Waals surface area contributed by atoms with Crippen LogP contribution in [-0.2, 0) is 6.42 Å². The fourth-order valence-electron chi connectivity index (χ4n) is 2.73. The molecular weight excluding hydrogens is 246 g/mol. The summed E-state index contributed by atoms with van der Waals surface area (Å²) in [4.78, 5) is 0. The van der Waals surface area contributed by atoms with Crippen LogP contribution in [0.5, 0.6) is 5.75 Å². The molecule has 0 saturated carbocycles. The highest BCUT2D eigenvalue weighted by Gasteiger charge is 2.15. The fourth-order valence-corrected chi connectivity index (χ4v) is 2.73. The average Bonchev–Trinajstić information content (AvgIpc) is 2.54. The van der Waals surface area contributed by atoms with Crippen molar-refractivity contribution >= 4 is 0 Å². The van der Waals surface area contributed by atoms with Gasteiger partial charge in [0.2, 0.25) is 0 Å². The number of nitrogens with one attached hydrogen (secondary N) is 1. The Bertz CT molecular complexity index is 589. The summed E-state index contributed by atoms with van der Waals surface area (Å²) in [5.41, 5.74) is 5.09. The van der Waals surface area contributed by atoms with Crippen molar-refractivity contribution in [1.82, 2.24) is 5.32 Å². The topological polar surface area (TPSA) is 21.3 Å². The first-order valence-corrected chi connectivity index (χ1v) is 7.32. The van der Waals surface area contributed by atoms with Crippen LogP contribution in [0.4, 0.5) is 0 Å². The van der Waals surface area contributed by atoms with E-state index in [-0.39, 0.29) is 0 Å².